The zero-order valence-corrected chi connectivity index (χ0v) is 11.5. The van der Waals surface area contributed by atoms with Crippen molar-refractivity contribution in [1.82, 2.24) is 15.3 Å². The standard InChI is InChI=1S/C13H15Cl2N3/c14-8-6-11-12(7-9(8)15)18-13(17-11)10-4-2-1-3-5-16-10/h6-7,10,16H,1-5H2,(H,17,18). The van der Waals surface area contributed by atoms with Crippen LogP contribution in [0.3, 0.4) is 0 Å². The van der Waals surface area contributed by atoms with Crippen molar-refractivity contribution in [3.8, 4) is 0 Å². The molecule has 3 rings (SSSR count). The van der Waals surface area contributed by atoms with Crippen molar-refractivity contribution in [2.45, 2.75) is 31.7 Å². The molecule has 0 spiro atoms. The molecule has 5 heteroatoms. The van der Waals surface area contributed by atoms with Crippen molar-refractivity contribution in [2.75, 3.05) is 6.54 Å². The van der Waals surface area contributed by atoms with Gasteiger partial charge in [0.1, 0.15) is 5.82 Å². The Morgan fingerprint density at radius 2 is 1.94 bits per heavy atom. The molecule has 1 saturated heterocycles. The molecular weight excluding hydrogens is 269 g/mol. The summed E-state index contributed by atoms with van der Waals surface area (Å²) in [6.45, 7) is 1.06. The summed E-state index contributed by atoms with van der Waals surface area (Å²) in [7, 11) is 0. The number of aromatic amines is 1. The molecule has 0 aliphatic carbocycles. The van der Waals surface area contributed by atoms with E-state index in [0.29, 0.717) is 16.1 Å². The number of fused-ring (bicyclic) bond motifs is 1. The molecule has 0 saturated carbocycles. The van der Waals surface area contributed by atoms with Gasteiger partial charge < -0.3 is 10.3 Å². The molecule has 3 nitrogen and oxygen atoms in total. The van der Waals surface area contributed by atoms with E-state index in [4.69, 9.17) is 23.2 Å². The molecule has 0 bridgehead atoms. The van der Waals surface area contributed by atoms with Crippen LogP contribution in [-0.2, 0) is 0 Å². The Morgan fingerprint density at radius 1 is 1.11 bits per heavy atom. The third kappa shape index (κ3) is 2.35. The first-order chi connectivity index (χ1) is 8.74. The average molecular weight is 284 g/mol. The maximum atomic E-state index is 6.01. The molecule has 1 unspecified atom stereocenters. The van der Waals surface area contributed by atoms with Gasteiger partial charge in [-0.3, -0.25) is 0 Å². The lowest BCUT2D eigenvalue weighted by atomic mass is 10.1. The molecule has 1 atom stereocenters. The number of nitrogens with zero attached hydrogens (tertiary/aromatic N) is 1. The Morgan fingerprint density at radius 3 is 2.83 bits per heavy atom. The molecule has 2 aromatic rings. The number of rotatable bonds is 1. The molecule has 1 aliphatic rings. The number of halogens is 2. The first kappa shape index (κ1) is 12.3. The summed E-state index contributed by atoms with van der Waals surface area (Å²) in [5, 5.41) is 4.64. The number of hydrogen-bond acceptors (Lipinski definition) is 2. The molecule has 0 radical (unpaired) electrons. The smallest absolute Gasteiger partial charge is 0.124 e. The first-order valence-corrected chi connectivity index (χ1v) is 7.07. The monoisotopic (exact) mass is 283 g/mol. The van der Waals surface area contributed by atoms with Gasteiger partial charge in [-0.15, -0.1) is 0 Å². The number of nitrogens with one attached hydrogen (secondary N) is 2. The fourth-order valence-corrected chi connectivity index (χ4v) is 2.77. The maximum Gasteiger partial charge on any atom is 0.124 e. The van der Waals surface area contributed by atoms with Gasteiger partial charge in [-0.2, -0.15) is 0 Å². The van der Waals surface area contributed by atoms with E-state index in [1.807, 2.05) is 12.1 Å². The van der Waals surface area contributed by atoms with Gasteiger partial charge in [0.2, 0.25) is 0 Å². The molecule has 2 heterocycles. The van der Waals surface area contributed by atoms with Gasteiger partial charge in [-0.05, 0) is 31.5 Å². The number of imidazole rings is 1. The van der Waals surface area contributed by atoms with Crippen molar-refractivity contribution in [3.63, 3.8) is 0 Å². The molecule has 18 heavy (non-hydrogen) atoms. The molecule has 96 valence electrons. The van der Waals surface area contributed by atoms with E-state index in [1.165, 1.54) is 19.3 Å². The van der Waals surface area contributed by atoms with Crippen LogP contribution in [-0.4, -0.2) is 16.5 Å². The van der Waals surface area contributed by atoms with E-state index >= 15 is 0 Å². The van der Waals surface area contributed by atoms with Crippen LogP contribution in [0.25, 0.3) is 11.0 Å². The van der Waals surface area contributed by atoms with Gasteiger partial charge >= 0.3 is 0 Å². The fraction of sp³-hybridized carbons (Fsp3) is 0.462. The van der Waals surface area contributed by atoms with Gasteiger partial charge in [-0.1, -0.05) is 36.0 Å². The largest absolute Gasteiger partial charge is 0.341 e. The summed E-state index contributed by atoms with van der Waals surface area (Å²) in [4.78, 5) is 7.96. The SMILES string of the molecule is Clc1cc2nc(C3CCCCCN3)[nH]c2cc1Cl. The van der Waals surface area contributed by atoms with E-state index in [0.717, 1.165) is 29.8 Å². The molecule has 0 amide bonds. The number of H-pyrrole nitrogens is 1. The van der Waals surface area contributed by atoms with E-state index in [9.17, 15) is 0 Å². The fourth-order valence-electron chi connectivity index (χ4n) is 2.45. The van der Waals surface area contributed by atoms with Gasteiger partial charge in [0, 0.05) is 0 Å². The van der Waals surface area contributed by atoms with E-state index < -0.39 is 0 Å². The van der Waals surface area contributed by atoms with Crippen molar-refractivity contribution in [1.29, 1.82) is 0 Å². The predicted octanol–water partition coefficient (Wildman–Crippen LogP) is 4.07. The maximum absolute atomic E-state index is 6.01. The van der Waals surface area contributed by atoms with Gasteiger partial charge in [0.25, 0.3) is 0 Å². The lowest BCUT2D eigenvalue weighted by Gasteiger charge is -2.12. The van der Waals surface area contributed by atoms with Crippen LogP contribution in [0.1, 0.15) is 37.5 Å². The molecule has 1 aromatic heterocycles. The number of hydrogen-bond donors (Lipinski definition) is 2. The van der Waals surface area contributed by atoms with Crippen LogP contribution in [0.5, 0.6) is 0 Å². The highest BCUT2D eigenvalue weighted by Crippen LogP contribution is 2.29. The lowest BCUT2D eigenvalue weighted by molar-refractivity contribution is 0.513. The third-order valence-electron chi connectivity index (χ3n) is 3.43. The average Bonchev–Trinajstić information content (AvgIpc) is 2.60. The Hall–Kier alpha value is -0.770. The summed E-state index contributed by atoms with van der Waals surface area (Å²) in [6.07, 6.45) is 4.91. The topological polar surface area (TPSA) is 40.7 Å². The summed E-state index contributed by atoms with van der Waals surface area (Å²) < 4.78 is 0. The highest BCUT2D eigenvalue weighted by atomic mass is 35.5. The summed E-state index contributed by atoms with van der Waals surface area (Å²) >= 11 is 12.0. The first-order valence-electron chi connectivity index (χ1n) is 6.32. The third-order valence-corrected chi connectivity index (χ3v) is 4.15. The minimum atomic E-state index is 0.317. The normalized spacial score (nSPS) is 21.1. The highest BCUT2D eigenvalue weighted by Gasteiger charge is 2.17. The van der Waals surface area contributed by atoms with Gasteiger partial charge in [0.15, 0.2) is 0 Å². The molecule has 1 aliphatic heterocycles. The van der Waals surface area contributed by atoms with Crippen molar-refractivity contribution in [2.24, 2.45) is 0 Å². The number of benzene rings is 1. The molecule has 2 N–H and O–H groups in total. The Balaban J connectivity index is 1.96. The van der Waals surface area contributed by atoms with Crippen molar-refractivity contribution >= 4 is 34.2 Å². The van der Waals surface area contributed by atoms with Crippen LogP contribution in [0.15, 0.2) is 12.1 Å². The quantitative estimate of drug-likeness (QED) is 0.828. The minimum absolute atomic E-state index is 0.317. The van der Waals surface area contributed by atoms with Gasteiger partial charge in [-0.25, -0.2) is 4.98 Å². The van der Waals surface area contributed by atoms with E-state index in [-0.39, 0.29) is 0 Å². The summed E-state index contributed by atoms with van der Waals surface area (Å²) in [6, 6.07) is 3.97. The van der Waals surface area contributed by atoms with Gasteiger partial charge in [0.05, 0.1) is 27.1 Å². The van der Waals surface area contributed by atoms with E-state index in [2.05, 4.69) is 15.3 Å². The number of aromatic nitrogens is 2. The van der Waals surface area contributed by atoms with Crippen molar-refractivity contribution in [3.05, 3.63) is 28.0 Å². The van der Waals surface area contributed by atoms with Crippen LogP contribution in [0.2, 0.25) is 10.0 Å². The minimum Gasteiger partial charge on any atom is -0.341 e. The Kier molecular flexibility index (Phi) is 3.46. The van der Waals surface area contributed by atoms with E-state index in [1.54, 1.807) is 0 Å². The van der Waals surface area contributed by atoms with Crippen molar-refractivity contribution < 1.29 is 0 Å². The predicted molar refractivity (Wildman–Crippen MR) is 75.3 cm³/mol. The second-order valence-corrected chi connectivity index (χ2v) is 5.58. The van der Waals surface area contributed by atoms with Crippen LogP contribution < -0.4 is 5.32 Å². The Bertz CT molecular complexity index is 518. The summed E-state index contributed by atoms with van der Waals surface area (Å²) in [5.41, 5.74) is 1.83. The second kappa shape index (κ2) is 5.08. The van der Waals surface area contributed by atoms with Crippen LogP contribution >= 0.6 is 23.2 Å². The molecule has 1 fully saturated rings. The zero-order valence-electron chi connectivity index (χ0n) is 9.97. The zero-order chi connectivity index (χ0) is 12.5. The highest BCUT2D eigenvalue weighted by molar-refractivity contribution is 6.42. The lowest BCUT2D eigenvalue weighted by Crippen LogP contribution is -2.21. The molecule has 1 aromatic carbocycles. The second-order valence-electron chi connectivity index (χ2n) is 4.76. The van der Waals surface area contributed by atoms with Crippen LogP contribution in [0, 0.1) is 0 Å². The van der Waals surface area contributed by atoms with Crippen LogP contribution in [0.4, 0.5) is 0 Å². The Labute approximate surface area is 116 Å². The molecular formula is C13H15Cl2N3. The summed E-state index contributed by atoms with van der Waals surface area (Å²) in [5.74, 6) is 0.991.